The maximum Gasteiger partial charge on any atom is 0.270 e. The predicted molar refractivity (Wildman–Crippen MR) is 139 cm³/mol. The lowest BCUT2D eigenvalue weighted by Crippen LogP contribution is -2.54. The lowest BCUT2D eigenvalue weighted by Gasteiger charge is -2.29. The number of rotatable bonds is 6. The molecule has 3 aromatic carbocycles. The molecule has 34 heavy (non-hydrogen) atoms. The van der Waals surface area contributed by atoms with Gasteiger partial charge in [0.1, 0.15) is 12.2 Å². The van der Waals surface area contributed by atoms with Crippen molar-refractivity contribution >= 4 is 68.4 Å². The van der Waals surface area contributed by atoms with Gasteiger partial charge in [-0.25, -0.2) is 0 Å². The fourth-order valence-electron chi connectivity index (χ4n) is 3.34. The molecule has 3 aromatic rings. The van der Waals surface area contributed by atoms with E-state index in [2.05, 4.69) is 21.2 Å². The average molecular weight is 558 g/mol. The predicted octanol–water partition coefficient (Wildman–Crippen LogP) is 5.52. The highest BCUT2D eigenvalue weighted by Crippen LogP contribution is 2.38. The second-order valence-corrected chi connectivity index (χ2v) is 8.92. The lowest BCUT2D eigenvalue weighted by atomic mass is 10.1. The molecule has 4 rings (SSSR count). The fraction of sp³-hybridized carbons (Fsp3) is 0.0800. The van der Waals surface area contributed by atoms with E-state index in [0.29, 0.717) is 38.9 Å². The van der Waals surface area contributed by atoms with Gasteiger partial charge in [-0.2, -0.15) is 0 Å². The van der Waals surface area contributed by atoms with Crippen molar-refractivity contribution in [3.63, 3.8) is 0 Å². The quantitative estimate of drug-likeness (QED) is 0.246. The Morgan fingerprint density at radius 2 is 1.79 bits per heavy atom. The summed E-state index contributed by atoms with van der Waals surface area (Å²) < 4.78 is 12.1. The number of nitrogens with zero attached hydrogens (tertiary/aromatic N) is 1. The number of nitrogens with one attached hydrogen (secondary N) is 1. The smallest absolute Gasteiger partial charge is 0.270 e. The summed E-state index contributed by atoms with van der Waals surface area (Å²) in [7, 11) is 1.52. The van der Waals surface area contributed by atoms with Crippen LogP contribution in [0.3, 0.4) is 0 Å². The molecule has 0 atom stereocenters. The number of ether oxygens (including phenoxy) is 2. The number of hydrogen-bond acceptors (Lipinski definition) is 5. The summed E-state index contributed by atoms with van der Waals surface area (Å²) >= 11 is 14.7. The van der Waals surface area contributed by atoms with Gasteiger partial charge in [0.2, 0.25) is 0 Å². The van der Waals surface area contributed by atoms with Crippen molar-refractivity contribution in [2.75, 3.05) is 12.0 Å². The van der Waals surface area contributed by atoms with E-state index in [-0.39, 0.29) is 10.7 Å². The van der Waals surface area contributed by atoms with Crippen LogP contribution in [0.25, 0.3) is 6.08 Å². The molecule has 6 nitrogen and oxygen atoms in total. The minimum absolute atomic E-state index is 0.00195. The fourth-order valence-corrected chi connectivity index (χ4v) is 4.32. The number of carbonyl (C=O) groups is 2. The Kier molecular flexibility index (Phi) is 7.31. The first-order valence-electron chi connectivity index (χ1n) is 10.1. The highest BCUT2D eigenvalue weighted by Gasteiger charge is 2.34. The Morgan fingerprint density at radius 3 is 2.47 bits per heavy atom. The first kappa shape index (κ1) is 23.9. The van der Waals surface area contributed by atoms with Crippen molar-refractivity contribution in [1.82, 2.24) is 5.32 Å². The average Bonchev–Trinajstić information content (AvgIpc) is 2.82. The molecule has 1 aliphatic rings. The summed E-state index contributed by atoms with van der Waals surface area (Å²) in [6.45, 7) is 0.352. The van der Waals surface area contributed by atoms with Crippen LogP contribution in [0.4, 0.5) is 5.69 Å². The summed E-state index contributed by atoms with van der Waals surface area (Å²) in [5, 5.41) is 3.08. The van der Waals surface area contributed by atoms with Gasteiger partial charge in [0, 0.05) is 5.02 Å². The molecule has 9 heteroatoms. The summed E-state index contributed by atoms with van der Waals surface area (Å²) in [4.78, 5) is 27.1. The third-order valence-electron chi connectivity index (χ3n) is 4.98. The number of halogens is 2. The Labute approximate surface area is 215 Å². The summed E-state index contributed by atoms with van der Waals surface area (Å²) in [6.07, 6.45) is 1.48. The first-order valence-corrected chi connectivity index (χ1v) is 11.7. The summed E-state index contributed by atoms with van der Waals surface area (Å²) in [6, 6.07) is 19.8. The van der Waals surface area contributed by atoms with Crippen LogP contribution in [0.15, 0.2) is 76.8 Å². The van der Waals surface area contributed by atoms with Gasteiger partial charge < -0.3 is 9.47 Å². The van der Waals surface area contributed by atoms with Crippen molar-refractivity contribution in [3.05, 3.63) is 92.9 Å². The number of anilines is 1. The van der Waals surface area contributed by atoms with Gasteiger partial charge in [-0.05, 0) is 81.7 Å². The number of thiocarbonyl (C=S) groups is 1. The SMILES string of the molecule is COc1cc(/C=C2\C(=O)NC(=S)N(c3ccc(Cl)cc3)C2=O)cc(Br)c1OCc1ccccc1. The van der Waals surface area contributed by atoms with Gasteiger partial charge in [0.05, 0.1) is 17.3 Å². The minimum atomic E-state index is -0.584. The van der Waals surface area contributed by atoms with Crippen LogP contribution in [0.2, 0.25) is 5.02 Å². The number of benzene rings is 3. The van der Waals surface area contributed by atoms with Gasteiger partial charge in [0.25, 0.3) is 11.8 Å². The van der Waals surface area contributed by atoms with E-state index >= 15 is 0 Å². The first-order chi connectivity index (χ1) is 16.4. The Bertz CT molecular complexity index is 1300. The van der Waals surface area contributed by atoms with Crippen LogP contribution in [-0.4, -0.2) is 24.0 Å². The van der Waals surface area contributed by atoms with E-state index in [1.807, 2.05) is 30.3 Å². The molecule has 0 aromatic heterocycles. The zero-order chi connectivity index (χ0) is 24.2. The van der Waals surface area contributed by atoms with Crippen LogP contribution in [-0.2, 0) is 16.2 Å². The van der Waals surface area contributed by atoms with Gasteiger partial charge in [-0.15, -0.1) is 0 Å². The van der Waals surface area contributed by atoms with E-state index in [0.717, 1.165) is 5.56 Å². The number of methoxy groups -OCH3 is 1. The number of hydrogen-bond donors (Lipinski definition) is 1. The Balaban J connectivity index is 1.64. The molecular weight excluding hydrogens is 540 g/mol. The Morgan fingerprint density at radius 1 is 1.09 bits per heavy atom. The monoisotopic (exact) mass is 556 g/mol. The molecule has 1 saturated heterocycles. The normalized spacial score (nSPS) is 14.9. The van der Waals surface area contributed by atoms with Crippen molar-refractivity contribution < 1.29 is 19.1 Å². The van der Waals surface area contributed by atoms with Crippen molar-refractivity contribution in [3.8, 4) is 11.5 Å². The van der Waals surface area contributed by atoms with Gasteiger partial charge in [-0.3, -0.25) is 19.8 Å². The van der Waals surface area contributed by atoms with Crippen LogP contribution in [0, 0.1) is 0 Å². The van der Waals surface area contributed by atoms with E-state index in [1.54, 1.807) is 36.4 Å². The van der Waals surface area contributed by atoms with Crippen molar-refractivity contribution in [2.24, 2.45) is 0 Å². The van der Waals surface area contributed by atoms with Crippen molar-refractivity contribution in [1.29, 1.82) is 0 Å². The maximum atomic E-state index is 13.2. The van der Waals surface area contributed by atoms with Crippen molar-refractivity contribution in [2.45, 2.75) is 6.61 Å². The van der Waals surface area contributed by atoms with Gasteiger partial charge in [-0.1, -0.05) is 41.9 Å². The molecule has 0 bridgehead atoms. The molecular formula is C25H18BrClN2O4S. The molecule has 0 radical (unpaired) electrons. The van der Waals surface area contributed by atoms with E-state index < -0.39 is 11.8 Å². The zero-order valence-corrected chi connectivity index (χ0v) is 21.0. The highest BCUT2D eigenvalue weighted by atomic mass is 79.9. The lowest BCUT2D eigenvalue weighted by molar-refractivity contribution is -0.122. The van der Waals surface area contributed by atoms with Gasteiger partial charge in [0.15, 0.2) is 16.6 Å². The molecule has 1 N–H and O–H groups in total. The molecule has 2 amide bonds. The molecule has 172 valence electrons. The third kappa shape index (κ3) is 5.14. The highest BCUT2D eigenvalue weighted by molar-refractivity contribution is 9.10. The molecule has 1 fully saturated rings. The molecule has 1 heterocycles. The molecule has 0 aliphatic carbocycles. The van der Waals surface area contributed by atoms with Crippen LogP contribution in [0.1, 0.15) is 11.1 Å². The molecule has 1 aliphatic heterocycles. The minimum Gasteiger partial charge on any atom is -0.493 e. The van der Waals surface area contributed by atoms with E-state index in [4.69, 9.17) is 33.3 Å². The largest absolute Gasteiger partial charge is 0.493 e. The maximum absolute atomic E-state index is 13.2. The Hall–Kier alpha value is -3.20. The second-order valence-electron chi connectivity index (χ2n) is 7.24. The summed E-state index contributed by atoms with van der Waals surface area (Å²) in [5.41, 5.74) is 1.99. The molecule has 0 saturated carbocycles. The van der Waals surface area contributed by atoms with Crippen LogP contribution < -0.4 is 19.7 Å². The number of carbonyl (C=O) groups excluding carboxylic acids is 2. The van der Waals surface area contributed by atoms with Crippen LogP contribution in [0.5, 0.6) is 11.5 Å². The van der Waals surface area contributed by atoms with Gasteiger partial charge >= 0.3 is 0 Å². The summed E-state index contributed by atoms with van der Waals surface area (Å²) in [5.74, 6) is -0.168. The molecule has 0 spiro atoms. The third-order valence-corrected chi connectivity index (χ3v) is 6.10. The zero-order valence-electron chi connectivity index (χ0n) is 17.9. The van der Waals surface area contributed by atoms with E-state index in [9.17, 15) is 9.59 Å². The molecule has 0 unspecified atom stereocenters. The topological polar surface area (TPSA) is 67.9 Å². The second kappa shape index (κ2) is 10.4. The standard InChI is InChI=1S/C25H18BrClN2O4S/c1-32-21-13-16(12-20(26)22(21)33-14-15-5-3-2-4-6-15)11-19-23(30)28-25(34)29(24(19)31)18-9-7-17(27)8-10-18/h2-13H,14H2,1H3,(H,28,30,34)/b19-11+. The number of amides is 2. The van der Waals surface area contributed by atoms with Crippen LogP contribution >= 0.6 is 39.7 Å². The van der Waals surface area contributed by atoms with E-state index in [1.165, 1.54) is 18.1 Å².